The standard InChI is InChI=1S/C47H32/c1-47(2)44-16-6-5-13-39(44)40-22-21-34(28-45(40)47)33-20-19-31-25-30(17-18-32(31)26-33)29-9-7-10-35(27-29)36-23-24-43-38-12-4-3-11-37(38)42-15-8-14-41(36)46(42)43/h3-28H,1-2H3. The highest BCUT2D eigenvalue weighted by atomic mass is 14.4. The highest BCUT2D eigenvalue weighted by molar-refractivity contribution is 6.18. The molecule has 2 aliphatic rings. The fourth-order valence-electron chi connectivity index (χ4n) is 8.42. The van der Waals surface area contributed by atoms with Gasteiger partial charge in [-0.25, -0.2) is 0 Å². The Bertz CT molecular complexity index is 2570. The van der Waals surface area contributed by atoms with Crippen molar-refractivity contribution in [2.45, 2.75) is 19.3 Å². The Morgan fingerprint density at radius 2 is 0.830 bits per heavy atom. The number of benzene rings is 8. The van der Waals surface area contributed by atoms with Crippen molar-refractivity contribution in [3.8, 4) is 66.8 Å². The Labute approximate surface area is 275 Å². The van der Waals surface area contributed by atoms with Gasteiger partial charge >= 0.3 is 0 Å². The first-order valence-corrected chi connectivity index (χ1v) is 16.6. The van der Waals surface area contributed by atoms with Crippen LogP contribution in [0, 0.1) is 0 Å². The van der Waals surface area contributed by atoms with E-state index in [2.05, 4.69) is 172 Å². The van der Waals surface area contributed by atoms with E-state index in [9.17, 15) is 0 Å². The maximum atomic E-state index is 2.41. The molecule has 220 valence electrons. The molecule has 0 unspecified atom stereocenters. The van der Waals surface area contributed by atoms with E-state index in [0.29, 0.717) is 0 Å². The zero-order valence-electron chi connectivity index (χ0n) is 26.5. The molecule has 0 radical (unpaired) electrons. The zero-order chi connectivity index (χ0) is 31.3. The molecule has 0 heterocycles. The van der Waals surface area contributed by atoms with Crippen LogP contribution in [-0.4, -0.2) is 0 Å². The first-order valence-electron chi connectivity index (χ1n) is 16.6. The molecule has 0 heteroatoms. The summed E-state index contributed by atoms with van der Waals surface area (Å²) in [4.78, 5) is 0. The van der Waals surface area contributed by atoms with Crippen LogP contribution in [0.4, 0.5) is 0 Å². The topological polar surface area (TPSA) is 0 Å². The van der Waals surface area contributed by atoms with Crippen LogP contribution in [-0.2, 0) is 5.41 Å². The van der Waals surface area contributed by atoms with Gasteiger partial charge in [0.2, 0.25) is 0 Å². The van der Waals surface area contributed by atoms with E-state index in [1.165, 1.54) is 99.4 Å². The highest BCUT2D eigenvalue weighted by Crippen LogP contribution is 2.51. The fourth-order valence-corrected chi connectivity index (χ4v) is 8.42. The Morgan fingerprint density at radius 3 is 1.60 bits per heavy atom. The van der Waals surface area contributed by atoms with Crippen molar-refractivity contribution in [2.75, 3.05) is 0 Å². The van der Waals surface area contributed by atoms with E-state index in [0.717, 1.165) is 0 Å². The third-order valence-corrected chi connectivity index (χ3v) is 10.8. The van der Waals surface area contributed by atoms with E-state index in [-0.39, 0.29) is 5.41 Å². The Kier molecular flexibility index (Phi) is 5.44. The van der Waals surface area contributed by atoms with Crippen molar-refractivity contribution in [1.29, 1.82) is 0 Å². The summed E-state index contributed by atoms with van der Waals surface area (Å²) in [5.41, 5.74) is 18.5. The second kappa shape index (κ2) is 9.64. The molecule has 0 nitrogen and oxygen atoms in total. The minimum Gasteiger partial charge on any atom is -0.0619 e. The second-order valence-corrected chi connectivity index (χ2v) is 13.7. The fraction of sp³-hybridized carbons (Fsp3) is 0.0638. The van der Waals surface area contributed by atoms with E-state index < -0.39 is 0 Å². The summed E-state index contributed by atoms with van der Waals surface area (Å²) < 4.78 is 0. The van der Waals surface area contributed by atoms with Gasteiger partial charge in [-0.05, 0) is 124 Å². The minimum atomic E-state index is 0.0000248. The number of hydrogen-bond acceptors (Lipinski definition) is 0. The van der Waals surface area contributed by atoms with Crippen LogP contribution in [0.2, 0.25) is 0 Å². The number of fused-ring (bicyclic) bond motifs is 7. The van der Waals surface area contributed by atoms with Crippen molar-refractivity contribution >= 4 is 21.5 Å². The molecule has 0 fully saturated rings. The van der Waals surface area contributed by atoms with E-state index >= 15 is 0 Å². The molecule has 0 spiro atoms. The molecule has 0 bridgehead atoms. The van der Waals surface area contributed by atoms with Crippen molar-refractivity contribution < 1.29 is 0 Å². The van der Waals surface area contributed by atoms with Gasteiger partial charge in [-0.3, -0.25) is 0 Å². The molecule has 47 heavy (non-hydrogen) atoms. The SMILES string of the molecule is CC1(C)c2ccccc2-c2ccc(-c3ccc4cc(-c5cccc(-c6ccc7c8c(cccc68)-c6ccccc6-7)c5)ccc4c3)cc21. The lowest BCUT2D eigenvalue weighted by molar-refractivity contribution is 0.660. The smallest absolute Gasteiger partial charge is 0.0159 e. The molecule has 0 atom stereocenters. The van der Waals surface area contributed by atoms with E-state index in [1.807, 2.05) is 0 Å². The maximum absolute atomic E-state index is 2.41. The molecule has 0 N–H and O–H groups in total. The van der Waals surface area contributed by atoms with Gasteiger partial charge < -0.3 is 0 Å². The van der Waals surface area contributed by atoms with Gasteiger partial charge in [-0.2, -0.15) is 0 Å². The van der Waals surface area contributed by atoms with Crippen molar-refractivity contribution in [3.05, 3.63) is 169 Å². The summed E-state index contributed by atoms with van der Waals surface area (Å²) in [6.07, 6.45) is 0. The van der Waals surface area contributed by atoms with Crippen LogP contribution in [0.25, 0.3) is 88.3 Å². The van der Waals surface area contributed by atoms with Gasteiger partial charge in [0, 0.05) is 5.41 Å². The van der Waals surface area contributed by atoms with E-state index in [1.54, 1.807) is 0 Å². The predicted molar refractivity (Wildman–Crippen MR) is 200 cm³/mol. The zero-order valence-corrected chi connectivity index (χ0v) is 26.5. The molecule has 2 aliphatic carbocycles. The van der Waals surface area contributed by atoms with E-state index in [4.69, 9.17) is 0 Å². The third kappa shape index (κ3) is 3.82. The monoisotopic (exact) mass is 596 g/mol. The van der Waals surface area contributed by atoms with Crippen LogP contribution in [0.3, 0.4) is 0 Å². The summed E-state index contributed by atoms with van der Waals surface area (Å²) in [6.45, 7) is 4.70. The Morgan fingerprint density at radius 1 is 0.319 bits per heavy atom. The van der Waals surface area contributed by atoms with Gasteiger partial charge in [0.25, 0.3) is 0 Å². The molecule has 8 aromatic rings. The molecule has 0 saturated heterocycles. The quantitative estimate of drug-likeness (QED) is 0.190. The molecule has 8 aromatic carbocycles. The Balaban J connectivity index is 1.01. The summed E-state index contributed by atoms with van der Waals surface area (Å²) in [5, 5.41) is 5.21. The lowest BCUT2D eigenvalue weighted by atomic mass is 9.81. The van der Waals surface area contributed by atoms with Crippen LogP contribution in [0.15, 0.2) is 158 Å². The molecule has 0 aromatic heterocycles. The third-order valence-electron chi connectivity index (χ3n) is 10.8. The van der Waals surface area contributed by atoms with Gasteiger partial charge in [0.05, 0.1) is 0 Å². The molecule has 0 saturated carbocycles. The maximum Gasteiger partial charge on any atom is 0.0159 e. The normalized spacial score (nSPS) is 13.5. The summed E-state index contributed by atoms with van der Waals surface area (Å²) in [7, 11) is 0. The first-order chi connectivity index (χ1) is 23.0. The molecule has 0 aliphatic heterocycles. The number of rotatable bonds is 3. The second-order valence-electron chi connectivity index (χ2n) is 13.7. The molecule has 0 amide bonds. The van der Waals surface area contributed by atoms with Gasteiger partial charge in [-0.1, -0.05) is 147 Å². The molecule has 10 rings (SSSR count). The van der Waals surface area contributed by atoms with Crippen molar-refractivity contribution in [3.63, 3.8) is 0 Å². The van der Waals surface area contributed by atoms with Gasteiger partial charge in [0.15, 0.2) is 0 Å². The van der Waals surface area contributed by atoms with Crippen LogP contribution < -0.4 is 0 Å². The van der Waals surface area contributed by atoms with Crippen molar-refractivity contribution in [2.24, 2.45) is 0 Å². The van der Waals surface area contributed by atoms with Crippen LogP contribution >= 0.6 is 0 Å². The summed E-state index contributed by atoms with van der Waals surface area (Å²) in [5.74, 6) is 0. The predicted octanol–water partition coefficient (Wildman–Crippen LogP) is 12.9. The lowest BCUT2D eigenvalue weighted by Gasteiger charge is -2.22. The minimum absolute atomic E-state index is 0.0000248. The Hall–Kier alpha value is -5.72. The average molecular weight is 597 g/mol. The lowest BCUT2D eigenvalue weighted by Crippen LogP contribution is -2.14. The number of hydrogen-bond donors (Lipinski definition) is 0. The molecular formula is C47H32. The van der Waals surface area contributed by atoms with Gasteiger partial charge in [0.1, 0.15) is 0 Å². The average Bonchev–Trinajstić information content (AvgIpc) is 3.57. The summed E-state index contributed by atoms with van der Waals surface area (Å²) >= 11 is 0. The first kappa shape index (κ1) is 26.5. The molecular weight excluding hydrogens is 565 g/mol. The summed E-state index contributed by atoms with van der Waals surface area (Å²) in [6, 6.07) is 58.9. The largest absolute Gasteiger partial charge is 0.0619 e. The van der Waals surface area contributed by atoms with Crippen LogP contribution in [0.5, 0.6) is 0 Å². The van der Waals surface area contributed by atoms with Crippen molar-refractivity contribution in [1.82, 2.24) is 0 Å². The van der Waals surface area contributed by atoms with Crippen LogP contribution in [0.1, 0.15) is 25.0 Å². The highest BCUT2D eigenvalue weighted by Gasteiger charge is 2.35. The van der Waals surface area contributed by atoms with Gasteiger partial charge in [-0.15, -0.1) is 0 Å².